The van der Waals surface area contributed by atoms with Crippen molar-refractivity contribution in [2.45, 2.75) is 11.0 Å². The summed E-state index contributed by atoms with van der Waals surface area (Å²) in [5.74, 6) is 0. The Balaban J connectivity index is 3.75. The van der Waals surface area contributed by atoms with Crippen LogP contribution in [-0.2, 0) is 10.0 Å². The van der Waals surface area contributed by atoms with Crippen LogP contribution >= 0.6 is 22.6 Å². The van der Waals surface area contributed by atoms with Gasteiger partial charge in [-0.25, -0.2) is 13.1 Å². The molecule has 1 atom stereocenters. The maximum Gasteiger partial charge on any atom is 0.209 e. The summed E-state index contributed by atoms with van der Waals surface area (Å²) in [5.41, 5.74) is 0. The van der Waals surface area contributed by atoms with Crippen LogP contribution in [0.4, 0.5) is 0 Å². The number of halogens is 1. The van der Waals surface area contributed by atoms with E-state index in [2.05, 4.69) is 4.72 Å². The molecule has 50 valence electrons. The van der Waals surface area contributed by atoms with Crippen molar-refractivity contribution < 1.29 is 8.42 Å². The van der Waals surface area contributed by atoms with Crippen LogP contribution in [0.15, 0.2) is 0 Å². The largest absolute Gasteiger partial charge is 0.213 e. The van der Waals surface area contributed by atoms with Crippen molar-refractivity contribution in [2.75, 3.05) is 6.26 Å². The van der Waals surface area contributed by atoms with Crippen LogP contribution in [0.1, 0.15) is 6.92 Å². The van der Waals surface area contributed by atoms with E-state index in [0.717, 1.165) is 6.26 Å². The minimum absolute atomic E-state index is 0.0254. The van der Waals surface area contributed by atoms with Gasteiger partial charge in [0.1, 0.15) is 0 Å². The predicted octanol–water partition coefficient (Wildman–Crippen LogP) is 0.317. The molecule has 0 aliphatic carbocycles. The summed E-state index contributed by atoms with van der Waals surface area (Å²) in [6.07, 6.45) is 1.14. The summed E-state index contributed by atoms with van der Waals surface area (Å²) >= 11 is 1.98. The Morgan fingerprint density at radius 1 is 1.62 bits per heavy atom. The van der Waals surface area contributed by atoms with Crippen LogP contribution in [0.5, 0.6) is 0 Å². The second-order valence-electron chi connectivity index (χ2n) is 1.51. The number of hydrogen-bond acceptors (Lipinski definition) is 2. The fourth-order valence-electron chi connectivity index (χ4n) is 0.295. The van der Waals surface area contributed by atoms with Gasteiger partial charge in [-0.2, -0.15) is 0 Å². The smallest absolute Gasteiger partial charge is 0.209 e. The highest BCUT2D eigenvalue weighted by molar-refractivity contribution is 14.1. The second-order valence-corrected chi connectivity index (χ2v) is 5.15. The van der Waals surface area contributed by atoms with E-state index in [-0.39, 0.29) is 4.05 Å². The fraction of sp³-hybridized carbons (Fsp3) is 1.00. The third-order valence-corrected chi connectivity index (χ3v) is 1.89. The van der Waals surface area contributed by atoms with Gasteiger partial charge in [-0.3, -0.25) is 0 Å². The minimum Gasteiger partial charge on any atom is -0.213 e. The summed E-state index contributed by atoms with van der Waals surface area (Å²) in [7, 11) is -2.98. The minimum atomic E-state index is -2.98. The van der Waals surface area contributed by atoms with Crippen LogP contribution in [-0.4, -0.2) is 18.7 Å². The Hall–Kier alpha value is 0.640. The first kappa shape index (κ1) is 8.64. The van der Waals surface area contributed by atoms with E-state index in [0.29, 0.717) is 0 Å². The lowest BCUT2D eigenvalue weighted by Crippen LogP contribution is -2.26. The summed E-state index contributed by atoms with van der Waals surface area (Å²) in [5, 5.41) is 0. The monoisotopic (exact) mass is 249 g/mol. The average Bonchev–Trinajstić information content (AvgIpc) is 1.21. The quantitative estimate of drug-likeness (QED) is 0.435. The molecule has 0 aliphatic heterocycles. The molecule has 0 radical (unpaired) electrons. The lowest BCUT2D eigenvalue weighted by molar-refractivity contribution is 0.589. The lowest BCUT2D eigenvalue weighted by atomic mass is 10.8. The van der Waals surface area contributed by atoms with E-state index in [1.807, 2.05) is 22.6 Å². The molecule has 5 heteroatoms. The summed E-state index contributed by atoms with van der Waals surface area (Å²) in [4.78, 5) is 0. The highest BCUT2D eigenvalue weighted by Crippen LogP contribution is 1.93. The zero-order valence-corrected chi connectivity index (χ0v) is 7.65. The Labute approximate surface area is 63.0 Å². The molecule has 0 spiro atoms. The number of alkyl halides is 1. The molecule has 0 aromatic heterocycles. The molecule has 0 bridgehead atoms. The number of rotatable bonds is 2. The van der Waals surface area contributed by atoms with Gasteiger partial charge in [-0.05, 0) is 6.92 Å². The molecule has 0 aromatic carbocycles. The molecule has 0 rings (SSSR count). The van der Waals surface area contributed by atoms with Gasteiger partial charge in [0.2, 0.25) is 10.0 Å². The topological polar surface area (TPSA) is 46.2 Å². The van der Waals surface area contributed by atoms with Gasteiger partial charge in [0, 0.05) is 0 Å². The molecule has 8 heavy (non-hydrogen) atoms. The van der Waals surface area contributed by atoms with Gasteiger partial charge in [-0.15, -0.1) is 0 Å². The van der Waals surface area contributed by atoms with Crippen molar-refractivity contribution in [3.63, 3.8) is 0 Å². The van der Waals surface area contributed by atoms with Gasteiger partial charge in [-0.1, -0.05) is 22.6 Å². The molecule has 3 nitrogen and oxygen atoms in total. The van der Waals surface area contributed by atoms with Crippen LogP contribution in [0, 0.1) is 0 Å². The van der Waals surface area contributed by atoms with E-state index in [1.54, 1.807) is 6.92 Å². The van der Waals surface area contributed by atoms with Gasteiger partial charge in [0.05, 0.1) is 10.3 Å². The Kier molecular flexibility index (Phi) is 3.21. The van der Waals surface area contributed by atoms with Crippen LogP contribution in [0.2, 0.25) is 0 Å². The van der Waals surface area contributed by atoms with Gasteiger partial charge in [0.15, 0.2) is 0 Å². The molecule has 0 amide bonds. The van der Waals surface area contributed by atoms with Crippen molar-refractivity contribution in [3.05, 3.63) is 0 Å². The van der Waals surface area contributed by atoms with Gasteiger partial charge < -0.3 is 0 Å². The van der Waals surface area contributed by atoms with Crippen LogP contribution < -0.4 is 4.72 Å². The zero-order chi connectivity index (χ0) is 6.78. The van der Waals surface area contributed by atoms with Crippen molar-refractivity contribution in [1.82, 2.24) is 4.72 Å². The third-order valence-electron chi connectivity index (χ3n) is 0.376. The number of hydrogen-bond donors (Lipinski definition) is 1. The summed E-state index contributed by atoms with van der Waals surface area (Å²) in [6, 6.07) is 0. The molecule has 1 N–H and O–H groups in total. The SMILES string of the molecule is C[C@H](I)NS(C)(=O)=O. The first-order valence-electron chi connectivity index (χ1n) is 2.03. The Morgan fingerprint density at radius 3 is 2.00 bits per heavy atom. The Morgan fingerprint density at radius 2 is 2.00 bits per heavy atom. The van der Waals surface area contributed by atoms with Gasteiger partial charge >= 0.3 is 0 Å². The first-order chi connectivity index (χ1) is 3.42. The number of nitrogens with one attached hydrogen (secondary N) is 1. The maximum absolute atomic E-state index is 10.3. The van der Waals surface area contributed by atoms with Crippen molar-refractivity contribution in [1.29, 1.82) is 0 Å². The molecule has 0 saturated heterocycles. The molecular weight excluding hydrogens is 241 g/mol. The standard InChI is InChI=1S/C3H8INO2S/c1-3(4)5-8(2,6)7/h3,5H,1-2H3/t3-/m1/s1. The Bertz CT molecular complexity index is 151. The zero-order valence-electron chi connectivity index (χ0n) is 4.68. The van der Waals surface area contributed by atoms with Gasteiger partial charge in [0.25, 0.3) is 0 Å². The highest BCUT2D eigenvalue weighted by Gasteiger charge is 2.02. The van der Waals surface area contributed by atoms with E-state index in [1.165, 1.54) is 0 Å². The average molecular weight is 249 g/mol. The summed E-state index contributed by atoms with van der Waals surface area (Å²) in [6.45, 7) is 1.77. The van der Waals surface area contributed by atoms with E-state index in [9.17, 15) is 8.42 Å². The molecule has 0 heterocycles. The van der Waals surface area contributed by atoms with Crippen LogP contribution in [0.3, 0.4) is 0 Å². The molecule has 0 aromatic rings. The molecule has 0 aliphatic rings. The van der Waals surface area contributed by atoms with E-state index < -0.39 is 10.0 Å². The fourth-order valence-corrected chi connectivity index (χ4v) is 2.27. The van der Waals surface area contributed by atoms with E-state index >= 15 is 0 Å². The molecule has 0 unspecified atom stereocenters. The molecular formula is C3H8INO2S. The predicted molar refractivity (Wildman–Crippen MR) is 41.5 cm³/mol. The van der Waals surface area contributed by atoms with Crippen LogP contribution in [0.25, 0.3) is 0 Å². The summed E-state index contributed by atoms with van der Waals surface area (Å²) < 4.78 is 23.0. The molecule has 0 fully saturated rings. The van der Waals surface area contributed by atoms with Crippen molar-refractivity contribution >= 4 is 32.6 Å². The second kappa shape index (κ2) is 2.98. The van der Waals surface area contributed by atoms with Crippen molar-refractivity contribution in [3.8, 4) is 0 Å². The maximum atomic E-state index is 10.3. The molecule has 0 saturated carbocycles. The lowest BCUT2D eigenvalue weighted by Gasteiger charge is -2.00. The number of sulfonamides is 1. The normalized spacial score (nSPS) is 15.9. The highest BCUT2D eigenvalue weighted by atomic mass is 127. The first-order valence-corrected chi connectivity index (χ1v) is 5.17. The van der Waals surface area contributed by atoms with E-state index in [4.69, 9.17) is 0 Å². The van der Waals surface area contributed by atoms with Crippen molar-refractivity contribution in [2.24, 2.45) is 0 Å². The third kappa shape index (κ3) is 6.64.